The molecule has 4 rings (SSSR count). The molecule has 4 heterocycles. The van der Waals surface area contributed by atoms with Crippen LogP contribution in [-0.4, -0.2) is 195 Å². The van der Waals surface area contributed by atoms with Gasteiger partial charge in [-0.15, -0.1) is 0 Å². The number of methoxy groups -OCH3 is 1. The van der Waals surface area contributed by atoms with Gasteiger partial charge in [-0.1, -0.05) is 20.8 Å². The van der Waals surface area contributed by atoms with Gasteiger partial charge < -0.3 is 63.6 Å². The molecule has 3 amide bonds. The lowest BCUT2D eigenvalue weighted by molar-refractivity contribution is -0.321. The number of carbonyl (C=O) groups excluding carboxylic acids is 3. The third kappa shape index (κ3) is 12.8. The molecule has 59 heavy (non-hydrogen) atoms. The van der Waals surface area contributed by atoms with Crippen LogP contribution in [0.1, 0.15) is 93.4 Å². The Balaban J connectivity index is 1.74. The Hall–Kier alpha value is -1.99. The third-order valence-corrected chi connectivity index (χ3v) is 13.1. The fraction of sp³-hybridized carbons (Fsp3) is 0.930. The molecule has 4 fully saturated rings. The number of hydrogen-bond donors (Lipinski definition) is 3. The predicted molar refractivity (Wildman–Crippen MR) is 222 cm³/mol. The highest BCUT2D eigenvalue weighted by Gasteiger charge is 2.52. The van der Waals surface area contributed by atoms with E-state index in [-0.39, 0.29) is 61.1 Å². The Morgan fingerprint density at radius 2 is 1.71 bits per heavy atom. The smallest absolute Gasteiger partial charge is 0.234 e. The van der Waals surface area contributed by atoms with Crippen molar-refractivity contribution in [2.45, 2.75) is 166 Å². The van der Waals surface area contributed by atoms with Crippen molar-refractivity contribution >= 4 is 17.7 Å². The second-order valence-corrected chi connectivity index (χ2v) is 19.1. The van der Waals surface area contributed by atoms with Crippen LogP contribution in [0.5, 0.6) is 0 Å². The fourth-order valence-electron chi connectivity index (χ4n) is 9.86. The third-order valence-electron chi connectivity index (χ3n) is 13.1. The monoisotopic (exact) mass is 842 g/mol. The van der Waals surface area contributed by atoms with Gasteiger partial charge in [-0.2, -0.15) is 0 Å². The van der Waals surface area contributed by atoms with Crippen molar-refractivity contribution in [3.05, 3.63) is 0 Å². The van der Waals surface area contributed by atoms with E-state index in [4.69, 9.17) is 28.4 Å². The van der Waals surface area contributed by atoms with Gasteiger partial charge in [-0.05, 0) is 93.9 Å². The van der Waals surface area contributed by atoms with Gasteiger partial charge in [0.2, 0.25) is 17.7 Å². The minimum Gasteiger partial charge on any atom is -0.387 e. The number of aliphatic hydroxyl groups is 2. The molecule has 16 nitrogen and oxygen atoms in total. The van der Waals surface area contributed by atoms with Crippen LogP contribution in [0.3, 0.4) is 0 Å². The fourth-order valence-corrected chi connectivity index (χ4v) is 9.86. The second kappa shape index (κ2) is 21.4. The van der Waals surface area contributed by atoms with Crippen LogP contribution in [0.15, 0.2) is 0 Å². The van der Waals surface area contributed by atoms with Gasteiger partial charge in [0.25, 0.3) is 0 Å². The first kappa shape index (κ1) is 49.7. The average Bonchev–Trinajstić information content (AvgIpc) is 3.61. The largest absolute Gasteiger partial charge is 0.387 e. The summed E-state index contributed by atoms with van der Waals surface area (Å²) >= 11 is 0. The lowest BCUT2D eigenvalue weighted by Crippen LogP contribution is -2.61. The molecule has 0 spiro atoms. The Labute approximate surface area is 353 Å². The summed E-state index contributed by atoms with van der Waals surface area (Å²) in [6.07, 6.45) is -2.41. The van der Waals surface area contributed by atoms with Gasteiger partial charge in [-0.25, -0.2) is 0 Å². The summed E-state index contributed by atoms with van der Waals surface area (Å²) < 4.78 is 39.3. The molecule has 0 aromatic heterocycles. The number of likely N-dealkylation sites (N-methyl/N-ethyl adjacent to an activating group) is 2. The summed E-state index contributed by atoms with van der Waals surface area (Å²) in [5, 5.41) is 26.7. The zero-order chi connectivity index (χ0) is 44.0. The van der Waals surface area contributed by atoms with E-state index in [0.29, 0.717) is 45.6 Å². The standard InChI is InChI=1S/C43H79N5O11/c1-26-22-42(6,53)39(59-41-37(32(46(10)11)20-27(2)56-41)55-19-15-17-44-33(49)25-45(8)9)28(3)36(58-35-23-43(7,54-13)38(51)30(5)57-35)29(4)40(52)48-18-14-16-31(48)21-34(50)47(12)24-26/h26-32,35-39,41,51,53H,14-25H2,1-13H3,(H,44,49)/t26-,27-,28+,29-,30+,31?,32+,35+,36+,37-,38+,39-,41+,42-,43-/m1/s1. The highest BCUT2D eigenvalue weighted by atomic mass is 16.7. The number of amides is 3. The van der Waals surface area contributed by atoms with E-state index in [1.54, 1.807) is 32.9 Å². The molecule has 0 saturated carbocycles. The molecule has 1 unspecified atom stereocenters. The van der Waals surface area contributed by atoms with Gasteiger partial charge in [0.05, 0.1) is 48.1 Å². The summed E-state index contributed by atoms with van der Waals surface area (Å²) in [6, 6.07) is -0.333. The topological polar surface area (TPSA) is 172 Å². The quantitative estimate of drug-likeness (QED) is 0.231. The first-order valence-electron chi connectivity index (χ1n) is 21.9. The van der Waals surface area contributed by atoms with Crippen molar-refractivity contribution < 1.29 is 53.0 Å². The van der Waals surface area contributed by atoms with Crippen molar-refractivity contribution in [3.8, 4) is 0 Å². The summed E-state index contributed by atoms with van der Waals surface area (Å²) in [5.74, 6) is -1.73. The van der Waals surface area contributed by atoms with Crippen molar-refractivity contribution in [2.24, 2.45) is 17.8 Å². The Morgan fingerprint density at radius 3 is 2.36 bits per heavy atom. The predicted octanol–water partition coefficient (Wildman–Crippen LogP) is 2.08. The molecule has 15 atom stereocenters. The molecule has 3 N–H and O–H groups in total. The molecule has 0 aromatic rings. The van der Waals surface area contributed by atoms with Gasteiger partial charge in [-0.3, -0.25) is 14.4 Å². The maximum absolute atomic E-state index is 14.7. The first-order chi connectivity index (χ1) is 27.6. The number of ether oxygens (including phenoxy) is 6. The van der Waals surface area contributed by atoms with E-state index in [1.807, 2.05) is 72.6 Å². The molecule has 342 valence electrons. The first-order valence-corrected chi connectivity index (χ1v) is 21.9. The highest BCUT2D eigenvalue weighted by molar-refractivity contribution is 5.82. The summed E-state index contributed by atoms with van der Waals surface area (Å²) in [7, 11) is 11.0. The van der Waals surface area contributed by atoms with Crippen LogP contribution >= 0.6 is 0 Å². The molecule has 0 aliphatic carbocycles. The van der Waals surface area contributed by atoms with Crippen LogP contribution in [-0.2, 0) is 42.8 Å². The van der Waals surface area contributed by atoms with Gasteiger partial charge in [0, 0.05) is 71.2 Å². The van der Waals surface area contributed by atoms with E-state index in [2.05, 4.69) is 10.2 Å². The van der Waals surface area contributed by atoms with Crippen LogP contribution < -0.4 is 5.32 Å². The van der Waals surface area contributed by atoms with E-state index < -0.39 is 66.1 Å². The average molecular weight is 842 g/mol. The van der Waals surface area contributed by atoms with E-state index in [9.17, 15) is 24.6 Å². The summed E-state index contributed by atoms with van der Waals surface area (Å²) in [6.45, 7) is 15.2. The van der Waals surface area contributed by atoms with Crippen LogP contribution in [0.2, 0.25) is 0 Å². The number of nitrogens with zero attached hydrogens (tertiary/aromatic N) is 4. The van der Waals surface area contributed by atoms with E-state index in [0.717, 1.165) is 12.8 Å². The number of hydrogen-bond acceptors (Lipinski definition) is 13. The SMILES string of the molecule is CO[C@]1(C)C[C@H](O[C@H]2[C@H](C)[C@@H](O[C@@H]3O[C@H](C)C[C@H](N(C)C)[C@H]3OCCCNC(=O)CN(C)C)[C@](C)(O)C[C@@H](C)CN(C)C(=O)CC3CCCN3C(=O)[C@@H]2C)O[C@@H](C)[C@@H]1O. The molecule has 0 bridgehead atoms. The zero-order valence-corrected chi connectivity index (χ0v) is 38.3. The van der Waals surface area contributed by atoms with Crippen molar-refractivity contribution in [1.82, 2.24) is 24.9 Å². The number of rotatable bonds is 13. The van der Waals surface area contributed by atoms with E-state index in [1.165, 1.54) is 0 Å². The molecule has 4 aliphatic rings. The lowest BCUT2D eigenvalue weighted by atomic mass is 9.77. The number of aliphatic hydroxyl groups excluding tert-OH is 1. The zero-order valence-electron chi connectivity index (χ0n) is 38.3. The molecule has 16 heteroatoms. The molecular weight excluding hydrogens is 762 g/mol. The highest BCUT2D eigenvalue weighted by Crippen LogP contribution is 2.40. The Morgan fingerprint density at radius 1 is 1.02 bits per heavy atom. The molecule has 4 aliphatic heterocycles. The minimum absolute atomic E-state index is 0.0431. The summed E-state index contributed by atoms with van der Waals surface area (Å²) in [5.41, 5.74) is -2.49. The van der Waals surface area contributed by atoms with Crippen molar-refractivity contribution in [1.29, 1.82) is 0 Å². The maximum atomic E-state index is 14.7. The van der Waals surface area contributed by atoms with Crippen LogP contribution in [0, 0.1) is 17.8 Å². The molecular formula is C43H79N5O11. The summed E-state index contributed by atoms with van der Waals surface area (Å²) in [4.78, 5) is 48.0. The van der Waals surface area contributed by atoms with Crippen molar-refractivity contribution in [2.75, 3.05) is 75.1 Å². The van der Waals surface area contributed by atoms with Gasteiger partial charge in [0.1, 0.15) is 12.2 Å². The van der Waals surface area contributed by atoms with Gasteiger partial charge in [0.15, 0.2) is 12.6 Å². The normalized spacial score (nSPS) is 40.7. The number of fused-ring (bicyclic) bond motifs is 1. The maximum Gasteiger partial charge on any atom is 0.234 e. The van der Waals surface area contributed by atoms with Gasteiger partial charge >= 0.3 is 0 Å². The van der Waals surface area contributed by atoms with Crippen LogP contribution in [0.4, 0.5) is 0 Å². The van der Waals surface area contributed by atoms with E-state index >= 15 is 0 Å². The minimum atomic E-state index is -1.51. The Bertz CT molecular complexity index is 1370. The number of nitrogens with one attached hydrogen (secondary N) is 1. The molecule has 0 radical (unpaired) electrons. The molecule has 0 aromatic carbocycles. The number of carbonyl (C=O) groups is 3. The van der Waals surface area contributed by atoms with Crippen molar-refractivity contribution in [3.63, 3.8) is 0 Å². The Kier molecular flexibility index (Phi) is 18.0. The second-order valence-electron chi connectivity index (χ2n) is 19.1. The lowest BCUT2D eigenvalue weighted by Gasteiger charge is -2.49. The molecule has 4 saturated heterocycles. The van der Waals surface area contributed by atoms with Crippen LogP contribution in [0.25, 0.3) is 0 Å².